The smallest absolute Gasteiger partial charge is 0.267 e. The molecule has 0 amide bonds. The molecule has 5 aromatic rings. The van der Waals surface area contributed by atoms with Crippen LogP contribution in [0.2, 0.25) is 0 Å². The molecule has 7 nitrogen and oxygen atoms in total. The standard InChI is InChI=1S/C26H24N4O3S2/c1-5-32-20-11-9-18(10-12-20)23-27-21(33-29-23)14-34-26-28-24-22(16(3)17(4)35-24)25(31)30(26)19-8-6-7-15(2)13-19/h6-13H,5,14H2,1-4H3. The van der Waals surface area contributed by atoms with Crippen LogP contribution in [0.15, 0.2) is 63.0 Å². The maximum absolute atomic E-state index is 13.6. The van der Waals surface area contributed by atoms with E-state index in [1.807, 2.05) is 76.2 Å². The largest absolute Gasteiger partial charge is 0.494 e. The van der Waals surface area contributed by atoms with Crippen molar-refractivity contribution < 1.29 is 9.26 Å². The first-order valence-electron chi connectivity index (χ1n) is 11.2. The average Bonchev–Trinajstić information content (AvgIpc) is 3.43. The molecule has 3 heterocycles. The fourth-order valence-electron chi connectivity index (χ4n) is 3.79. The predicted molar refractivity (Wildman–Crippen MR) is 140 cm³/mol. The van der Waals surface area contributed by atoms with Gasteiger partial charge < -0.3 is 9.26 Å². The summed E-state index contributed by atoms with van der Waals surface area (Å²) >= 11 is 2.95. The molecule has 3 aromatic heterocycles. The van der Waals surface area contributed by atoms with Gasteiger partial charge in [-0.05, 0) is 75.2 Å². The summed E-state index contributed by atoms with van der Waals surface area (Å²) < 4.78 is 12.7. The van der Waals surface area contributed by atoms with E-state index in [0.29, 0.717) is 34.6 Å². The summed E-state index contributed by atoms with van der Waals surface area (Å²) in [5.74, 6) is 2.15. The summed E-state index contributed by atoms with van der Waals surface area (Å²) in [6.07, 6.45) is 0. The lowest BCUT2D eigenvalue weighted by atomic mass is 10.2. The zero-order valence-corrected chi connectivity index (χ0v) is 21.5. The van der Waals surface area contributed by atoms with Crippen LogP contribution < -0.4 is 10.3 Å². The molecule has 0 unspecified atom stereocenters. The van der Waals surface area contributed by atoms with Gasteiger partial charge in [0.15, 0.2) is 5.16 Å². The van der Waals surface area contributed by atoms with Crippen LogP contribution in [-0.4, -0.2) is 26.3 Å². The van der Waals surface area contributed by atoms with Crippen LogP contribution in [0.4, 0.5) is 0 Å². The summed E-state index contributed by atoms with van der Waals surface area (Å²) in [6, 6.07) is 15.4. The predicted octanol–water partition coefficient (Wildman–Crippen LogP) is 6.11. The quantitative estimate of drug-likeness (QED) is 0.195. The van der Waals surface area contributed by atoms with Crippen LogP contribution in [0.25, 0.3) is 27.3 Å². The van der Waals surface area contributed by atoms with E-state index < -0.39 is 0 Å². The van der Waals surface area contributed by atoms with Crippen molar-refractivity contribution in [1.82, 2.24) is 19.7 Å². The van der Waals surface area contributed by atoms with Gasteiger partial charge in [0.05, 0.1) is 23.4 Å². The van der Waals surface area contributed by atoms with Crippen LogP contribution in [0.1, 0.15) is 28.8 Å². The van der Waals surface area contributed by atoms with Gasteiger partial charge in [0.25, 0.3) is 5.56 Å². The van der Waals surface area contributed by atoms with Gasteiger partial charge in [0.1, 0.15) is 10.6 Å². The minimum Gasteiger partial charge on any atom is -0.494 e. The summed E-state index contributed by atoms with van der Waals surface area (Å²) in [4.78, 5) is 24.9. The van der Waals surface area contributed by atoms with Crippen molar-refractivity contribution in [3.8, 4) is 22.8 Å². The Hall–Kier alpha value is -3.43. The van der Waals surface area contributed by atoms with E-state index in [9.17, 15) is 4.79 Å². The third-order valence-electron chi connectivity index (χ3n) is 5.65. The normalized spacial score (nSPS) is 11.3. The molecule has 0 aliphatic carbocycles. The number of hydrogen-bond acceptors (Lipinski definition) is 8. The van der Waals surface area contributed by atoms with Crippen molar-refractivity contribution in [3.63, 3.8) is 0 Å². The van der Waals surface area contributed by atoms with Crippen molar-refractivity contribution in [1.29, 1.82) is 0 Å². The molecule has 0 fully saturated rings. The molecule has 0 spiro atoms. The number of rotatable bonds is 7. The Bertz CT molecular complexity index is 1570. The molecule has 35 heavy (non-hydrogen) atoms. The van der Waals surface area contributed by atoms with Gasteiger partial charge in [-0.15, -0.1) is 11.3 Å². The Kier molecular flexibility index (Phi) is 6.44. The van der Waals surface area contributed by atoms with E-state index in [1.54, 1.807) is 15.9 Å². The van der Waals surface area contributed by atoms with Crippen LogP contribution in [0.5, 0.6) is 5.75 Å². The van der Waals surface area contributed by atoms with E-state index in [4.69, 9.17) is 14.2 Å². The number of aromatic nitrogens is 4. The number of nitrogens with zero attached hydrogens (tertiary/aromatic N) is 4. The number of aryl methyl sites for hydroxylation is 3. The van der Waals surface area contributed by atoms with Crippen LogP contribution in [-0.2, 0) is 5.75 Å². The molecule has 5 rings (SSSR count). The van der Waals surface area contributed by atoms with Gasteiger partial charge >= 0.3 is 0 Å². The van der Waals surface area contributed by atoms with Crippen LogP contribution in [0.3, 0.4) is 0 Å². The monoisotopic (exact) mass is 504 g/mol. The highest BCUT2D eigenvalue weighted by Crippen LogP contribution is 2.31. The highest BCUT2D eigenvalue weighted by Gasteiger charge is 2.19. The summed E-state index contributed by atoms with van der Waals surface area (Å²) in [6.45, 7) is 8.56. The lowest BCUT2D eigenvalue weighted by Gasteiger charge is -2.12. The lowest BCUT2D eigenvalue weighted by molar-refractivity contribution is 0.340. The zero-order valence-electron chi connectivity index (χ0n) is 19.9. The van der Waals surface area contributed by atoms with E-state index in [2.05, 4.69) is 10.1 Å². The number of hydrogen-bond donors (Lipinski definition) is 0. The third-order valence-corrected chi connectivity index (χ3v) is 7.67. The Morgan fingerprint density at radius 2 is 1.89 bits per heavy atom. The van der Waals surface area contributed by atoms with Crippen LogP contribution >= 0.6 is 23.1 Å². The van der Waals surface area contributed by atoms with E-state index >= 15 is 0 Å². The Morgan fingerprint density at radius 1 is 1.09 bits per heavy atom. The second kappa shape index (κ2) is 9.67. The third kappa shape index (κ3) is 4.61. The van der Waals surface area contributed by atoms with Crippen molar-refractivity contribution >= 4 is 33.3 Å². The highest BCUT2D eigenvalue weighted by molar-refractivity contribution is 7.98. The van der Waals surface area contributed by atoms with Gasteiger partial charge in [-0.1, -0.05) is 29.1 Å². The first-order valence-corrected chi connectivity index (χ1v) is 13.0. The van der Waals surface area contributed by atoms with Crippen LogP contribution in [0, 0.1) is 20.8 Å². The average molecular weight is 505 g/mol. The first-order chi connectivity index (χ1) is 16.9. The lowest BCUT2D eigenvalue weighted by Crippen LogP contribution is -2.21. The maximum atomic E-state index is 13.6. The second-order valence-electron chi connectivity index (χ2n) is 8.10. The summed E-state index contributed by atoms with van der Waals surface area (Å²) in [5.41, 5.74) is 3.62. The molecule has 0 saturated carbocycles. The van der Waals surface area contributed by atoms with Gasteiger partial charge in [0, 0.05) is 10.4 Å². The van der Waals surface area contributed by atoms with Gasteiger partial charge in [-0.2, -0.15) is 4.98 Å². The SMILES string of the molecule is CCOc1ccc(-c2noc(CSc3nc4sc(C)c(C)c4c(=O)n3-c3cccc(C)c3)n2)cc1. The van der Waals surface area contributed by atoms with E-state index in [-0.39, 0.29) is 5.56 Å². The van der Waals surface area contributed by atoms with Crippen molar-refractivity contribution in [2.75, 3.05) is 6.61 Å². The molecule has 0 radical (unpaired) electrons. The number of thiophene rings is 1. The highest BCUT2D eigenvalue weighted by atomic mass is 32.2. The maximum Gasteiger partial charge on any atom is 0.267 e. The fraction of sp³-hybridized carbons (Fsp3) is 0.231. The molecule has 178 valence electrons. The van der Waals surface area contributed by atoms with Crippen molar-refractivity contribution in [2.24, 2.45) is 0 Å². The number of thioether (sulfide) groups is 1. The molecule has 0 atom stereocenters. The minimum absolute atomic E-state index is 0.0643. The fourth-order valence-corrected chi connectivity index (χ4v) is 5.71. The van der Waals surface area contributed by atoms with Gasteiger partial charge in [-0.3, -0.25) is 9.36 Å². The van der Waals surface area contributed by atoms with E-state index in [0.717, 1.165) is 37.8 Å². The molecule has 0 saturated heterocycles. The Morgan fingerprint density at radius 3 is 2.63 bits per heavy atom. The first kappa shape index (κ1) is 23.3. The zero-order chi connectivity index (χ0) is 24.5. The Labute approximate surface area is 210 Å². The van der Waals surface area contributed by atoms with Gasteiger partial charge in [0.2, 0.25) is 11.7 Å². The molecule has 9 heteroatoms. The number of fused-ring (bicyclic) bond motifs is 1. The van der Waals surface area contributed by atoms with E-state index in [1.165, 1.54) is 11.8 Å². The second-order valence-corrected chi connectivity index (χ2v) is 10.2. The molecule has 0 aliphatic rings. The van der Waals surface area contributed by atoms with Gasteiger partial charge in [-0.25, -0.2) is 4.98 Å². The minimum atomic E-state index is -0.0643. The number of benzene rings is 2. The molecule has 2 aromatic carbocycles. The van der Waals surface area contributed by atoms with Crippen molar-refractivity contribution in [3.05, 3.63) is 80.8 Å². The molecular formula is C26H24N4O3S2. The molecule has 0 aliphatic heterocycles. The van der Waals surface area contributed by atoms with Crippen molar-refractivity contribution in [2.45, 2.75) is 38.6 Å². The summed E-state index contributed by atoms with van der Waals surface area (Å²) in [5, 5.41) is 5.39. The summed E-state index contributed by atoms with van der Waals surface area (Å²) in [7, 11) is 0. The molecular weight excluding hydrogens is 480 g/mol. The molecule has 0 bridgehead atoms. The number of ether oxygens (including phenoxy) is 1. The molecule has 0 N–H and O–H groups in total. The topological polar surface area (TPSA) is 83.0 Å². The Balaban J connectivity index is 1.48.